The molecule has 0 amide bonds. The molecule has 0 bridgehead atoms. The van der Waals surface area contributed by atoms with Gasteiger partial charge in [-0.25, -0.2) is 4.98 Å². The lowest BCUT2D eigenvalue weighted by Gasteiger charge is -2.18. The van der Waals surface area contributed by atoms with Gasteiger partial charge in [0.05, 0.1) is 30.3 Å². The van der Waals surface area contributed by atoms with Crippen molar-refractivity contribution in [2.75, 3.05) is 13.2 Å². The molecule has 0 radical (unpaired) electrons. The molecule has 1 heterocycles. The van der Waals surface area contributed by atoms with Gasteiger partial charge in [0.25, 0.3) is 5.56 Å². The third-order valence-electron chi connectivity index (χ3n) is 7.55. The van der Waals surface area contributed by atoms with Crippen LogP contribution < -0.4 is 19.8 Å². The maximum atomic E-state index is 14.0. The Morgan fingerprint density at radius 3 is 2.35 bits per heavy atom. The summed E-state index contributed by atoms with van der Waals surface area (Å²) in [5.74, 6) is 2.32. The molecule has 1 aromatic heterocycles. The van der Waals surface area contributed by atoms with Crippen molar-refractivity contribution < 1.29 is 14.2 Å². The van der Waals surface area contributed by atoms with Crippen LogP contribution in [0.4, 0.5) is 0 Å². The first-order valence-electron chi connectivity index (χ1n) is 15.3. The van der Waals surface area contributed by atoms with Crippen molar-refractivity contribution >= 4 is 44.6 Å². The van der Waals surface area contributed by atoms with Crippen molar-refractivity contribution in [3.63, 3.8) is 0 Å². The average Bonchev–Trinajstić information content (AvgIpc) is 3.03. The molecule has 9 heteroatoms. The molecule has 238 valence electrons. The molecule has 7 nitrogen and oxygen atoms in total. The highest BCUT2D eigenvalue weighted by molar-refractivity contribution is 9.10. The fourth-order valence-corrected chi connectivity index (χ4v) is 5.79. The van der Waals surface area contributed by atoms with Crippen LogP contribution in [-0.2, 0) is 6.61 Å². The molecule has 0 unspecified atom stereocenters. The summed E-state index contributed by atoms with van der Waals surface area (Å²) in [6.45, 7) is 13.4. The Morgan fingerprint density at radius 1 is 0.957 bits per heavy atom. The zero-order valence-electron chi connectivity index (χ0n) is 26.9. The van der Waals surface area contributed by atoms with E-state index < -0.39 is 0 Å². The summed E-state index contributed by atoms with van der Waals surface area (Å²) in [5, 5.41) is 5.51. The summed E-state index contributed by atoms with van der Waals surface area (Å²) in [5.41, 5.74) is 5.81. The highest BCUT2D eigenvalue weighted by atomic mass is 79.9. The van der Waals surface area contributed by atoms with E-state index in [2.05, 4.69) is 29.8 Å². The fourth-order valence-electron chi connectivity index (χ4n) is 5.13. The molecule has 0 spiro atoms. The van der Waals surface area contributed by atoms with Crippen LogP contribution in [0.15, 0.2) is 81.1 Å². The van der Waals surface area contributed by atoms with Gasteiger partial charge in [-0.15, -0.1) is 0 Å². The minimum atomic E-state index is -0.290. The summed E-state index contributed by atoms with van der Waals surface area (Å²) in [7, 11) is 0. The smallest absolute Gasteiger partial charge is 0.282 e. The average molecular weight is 703 g/mol. The van der Waals surface area contributed by atoms with E-state index in [0.29, 0.717) is 63.1 Å². The van der Waals surface area contributed by atoms with Gasteiger partial charge < -0.3 is 14.2 Å². The first-order chi connectivity index (χ1) is 22.1. The predicted octanol–water partition coefficient (Wildman–Crippen LogP) is 9.48. The van der Waals surface area contributed by atoms with E-state index in [-0.39, 0.29) is 11.5 Å². The normalized spacial score (nSPS) is 11.5. The number of para-hydroxylation sites is 1. The lowest BCUT2D eigenvalue weighted by molar-refractivity contribution is 0.269. The minimum absolute atomic E-state index is 0.187. The number of nitrogens with zero attached hydrogens (tertiary/aromatic N) is 3. The topological polar surface area (TPSA) is 74.9 Å². The maximum absolute atomic E-state index is 14.0. The summed E-state index contributed by atoms with van der Waals surface area (Å²) in [4.78, 5) is 18.9. The van der Waals surface area contributed by atoms with Gasteiger partial charge in [-0.3, -0.25) is 4.79 Å². The van der Waals surface area contributed by atoms with E-state index >= 15 is 0 Å². The second kappa shape index (κ2) is 14.5. The standard InChI is InChI=1S/C37H37BrClN3O4/c1-7-44-31-17-24(6)29(19-28(31)22(3)4)36-41-30-12-10-9-11-27(30)37(43)42(36)40-20-26-18-32(45-8-2)35(34(39)33(26)38)46-21-25-15-13-23(5)14-16-25/h9-20,22H,7-8,21H2,1-6H3. The van der Waals surface area contributed by atoms with Crippen molar-refractivity contribution in [1.29, 1.82) is 0 Å². The summed E-state index contributed by atoms with van der Waals surface area (Å²) < 4.78 is 20.0. The van der Waals surface area contributed by atoms with Gasteiger partial charge in [0.2, 0.25) is 0 Å². The van der Waals surface area contributed by atoms with Crippen LogP contribution in [0, 0.1) is 13.8 Å². The number of ether oxygens (including phenoxy) is 3. The quantitative estimate of drug-likeness (QED) is 0.128. The molecular weight excluding hydrogens is 666 g/mol. The Hall–Kier alpha value is -4.14. The van der Waals surface area contributed by atoms with Gasteiger partial charge in [0.1, 0.15) is 17.4 Å². The van der Waals surface area contributed by atoms with Crippen LogP contribution in [0.3, 0.4) is 0 Å². The third-order valence-corrected chi connectivity index (χ3v) is 8.99. The molecule has 0 N–H and O–H groups in total. The molecule has 0 aliphatic carbocycles. The molecule has 0 saturated carbocycles. The van der Waals surface area contributed by atoms with E-state index in [1.165, 1.54) is 10.2 Å². The van der Waals surface area contributed by atoms with Crippen LogP contribution in [0.25, 0.3) is 22.3 Å². The fraction of sp³-hybridized carbons (Fsp3) is 0.270. The van der Waals surface area contributed by atoms with Crippen LogP contribution in [0.5, 0.6) is 17.2 Å². The van der Waals surface area contributed by atoms with Gasteiger partial charge in [0.15, 0.2) is 17.3 Å². The third kappa shape index (κ3) is 6.98. The van der Waals surface area contributed by atoms with Crippen molar-refractivity contribution in [2.24, 2.45) is 5.10 Å². The highest BCUT2D eigenvalue weighted by Crippen LogP contribution is 2.43. The molecular formula is C37H37BrClN3O4. The first kappa shape index (κ1) is 33.2. The number of hydrogen-bond acceptors (Lipinski definition) is 6. The number of aryl methyl sites for hydroxylation is 2. The second-order valence-electron chi connectivity index (χ2n) is 11.2. The van der Waals surface area contributed by atoms with Gasteiger partial charge in [-0.05, 0) is 96.6 Å². The van der Waals surface area contributed by atoms with Crippen LogP contribution in [0.2, 0.25) is 5.02 Å². The Bertz CT molecular complexity index is 1970. The molecule has 0 aliphatic heterocycles. The van der Waals surface area contributed by atoms with Crippen molar-refractivity contribution in [2.45, 2.75) is 54.1 Å². The second-order valence-corrected chi connectivity index (χ2v) is 12.4. The Labute approximate surface area is 282 Å². The van der Waals surface area contributed by atoms with Gasteiger partial charge in [0, 0.05) is 15.6 Å². The molecule has 4 aromatic carbocycles. The van der Waals surface area contributed by atoms with E-state index in [1.807, 2.05) is 82.3 Å². The van der Waals surface area contributed by atoms with Crippen LogP contribution in [0.1, 0.15) is 61.4 Å². The number of benzene rings is 4. The van der Waals surface area contributed by atoms with E-state index in [9.17, 15) is 4.79 Å². The molecule has 0 fully saturated rings. The molecule has 5 aromatic rings. The molecule has 5 rings (SSSR count). The van der Waals surface area contributed by atoms with Crippen molar-refractivity contribution in [1.82, 2.24) is 9.66 Å². The van der Waals surface area contributed by atoms with Gasteiger partial charge >= 0.3 is 0 Å². The van der Waals surface area contributed by atoms with Crippen molar-refractivity contribution in [3.8, 4) is 28.6 Å². The SMILES string of the molecule is CCOc1cc(C)c(-c2nc3ccccc3c(=O)n2N=Cc2cc(OCC)c(OCc3ccc(C)cc3)c(Cl)c2Br)cc1C(C)C. The van der Waals surface area contributed by atoms with Crippen molar-refractivity contribution in [3.05, 3.63) is 114 Å². The number of rotatable bonds is 11. The molecule has 46 heavy (non-hydrogen) atoms. The Kier molecular flexibility index (Phi) is 10.5. The number of hydrogen-bond donors (Lipinski definition) is 0. The largest absolute Gasteiger partial charge is 0.494 e. The lowest BCUT2D eigenvalue weighted by Crippen LogP contribution is -2.21. The maximum Gasteiger partial charge on any atom is 0.282 e. The monoisotopic (exact) mass is 701 g/mol. The zero-order chi connectivity index (χ0) is 33.0. The van der Waals surface area contributed by atoms with Crippen LogP contribution >= 0.6 is 27.5 Å². The summed E-state index contributed by atoms with van der Waals surface area (Å²) in [6, 6.07) is 21.2. The first-order valence-corrected chi connectivity index (χ1v) is 16.5. The Morgan fingerprint density at radius 2 is 1.65 bits per heavy atom. The summed E-state index contributed by atoms with van der Waals surface area (Å²) >= 11 is 10.5. The Balaban J connectivity index is 1.63. The number of fused-ring (bicyclic) bond motifs is 1. The highest BCUT2D eigenvalue weighted by Gasteiger charge is 2.20. The van der Waals surface area contributed by atoms with E-state index in [1.54, 1.807) is 18.3 Å². The molecule has 0 saturated heterocycles. The minimum Gasteiger partial charge on any atom is -0.494 e. The predicted molar refractivity (Wildman–Crippen MR) is 190 cm³/mol. The molecule has 0 aliphatic rings. The van der Waals surface area contributed by atoms with Gasteiger partial charge in [-0.1, -0.05) is 67.4 Å². The zero-order valence-corrected chi connectivity index (χ0v) is 29.2. The summed E-state index contributed by atoms with van der Waals surface area (Å²) in [6.07, 6.45) is 1.58. The number of halogens is 2. The lowest BCUT2D eigenvalue weighted by atomic mass is 9.96. The van der Waals surface area contributed by atoms with E-state index in [0.717, 1.165) is 28.0 Å². The molecule has 0 atom stereocenters. The number of aromatic nitrogens is 2. The van der Waals surface area contributed by atoms with Crippen LogP contribution in [-0.4, -0.2) is 29.1 Å². The van der Waals surface area contributed by atoms with E-state index in [4.69, 9.17) is 35.9 Å². The van der Waals surface area contributed by atoms with Gasteiger partial charge in [-0.2, -0.15) is 9.78 Å².